The van der Waals surface area contributed by atoms with Gasteiger partial charge in [0.2, 0.25) is 5.89 Å². The molecule has 0 spiro atoms. The highest BCUT2D eigenvalue weighted by Crippen LogP contribution is 2.06. The van der Waals surface area contributed by atoms with Crippen molar-refractivity contribution in [2.45, 2.75) is 12.8 Å². The third-order valence-corrected chi connectivity index (χ3v) is 1.82. The number of carboxylic acid groups (broad SMARTS) is 1. The number of furan rings is 1. The molecule has 2 rings (SSSR count). The summed E-state index contributed by atoms with van der Waals surface area (Å²) in [6.07, 6.45) is 2.65. The van der Waals surface area contributed by atoms with E-state index in [0.29, 0.717) is 18.7 Å². The predicted molar refractivity (Wildman–Crippen MR) is 47.4 cm³/mol. The second kappa shape index (κ2) is 3.95. The second-order valence-corrected chi connectivity index (χ2v) is 2.90. The number of hydrogen-bond acceptors (Lipinski definition) is 5. The molecule has 2 heterocycles. The minimum atomic E-state index is -1.19. The predicted octanol–water partition coefficient (Wildman–Crippen LogP) is 1.15. The molecule has 1 N–H and O–H groups in total. The van der Waals surface area contributed by atoms with Gasteiger partial charge in [-0.25, -0.2) is 4.79 Å². The van der Waals surface area contributed by atoms with E-state index in [-0.39, 0.29) is 5.82 Å². The molecule has 0 fully saturated rings. The average molecular weight is 208 g/mol. The van der Waals surface area contributed by atoms with Crippen LogP contribution in [0.15, 0.2) is 27.3 Å². The standard InChI is InChI=1S/C9H8N2O4/c12-9(13)8-10-7(15-11-8)4-3-6-2-1-5-14-6/h1-2,5H,3-4H2,(H,12,13). The molecule has 0 aliphatic rings. The summed E-state index contributed by atoms with van der Waals surface area (Å²) < 4.78 is 9.84. The molecule has 0 aromatic carbocycles. The van der Waals surface area contributed by atoms with E-state index >= 15 is 0 Å². The van der Waals surface area contributed by atoms with E-state index in [4.69, 9.17) is 14.0 Å². The van der Waals surface area contributed by atoms with Crippen molar-refractivity contribution < 1.29 is 18.8 Å². The molecule has 0 saturated carbocycles. The zero-order valence-electron chi connectivity index (χ0n) is 7.71. The fourth-order valence-corrected chi connectivity index (χ4v) is 1.13. The molecule has 6 nitrogen and oxygen atoms in total. The van der Waals surface area contributed by atoms with Crippen molar-refractivity contribution in [1.29, 1.82) is 0 Å². The van der Waals surface area contributed by atoms with Crippen LogP contribution in [-0.2, 0) is 12.8 Å². The zero-order valence-corrected chi connectivity index (χ0v) is 7.71. The van der Waals surface area contributed by atoms with Crippen LogP contribution in [0.2, 0.25) is 0 Å². The van der Waals surface area contributed by atoms with Crippen molar-refractivity contribution in [3.63, 3.8) is 0 Å². The van der Waals surface area contributed by atoms with Gasteiger partial charge in [0.1, 0.15) is 5.76 Å². The van der Waals surface area contributed by atoms with Gasteiger partial charge in [-0.05, 0) is 17.3 Å². The third kappa shape index (κ3) is 2.22. The van der Waals surface area contributed by atoms with Crippen molar-refractivity contribution in [3.8, 4) is 0 Å². The average Bonchev–Trinajstić information content (AvgIpc) is 2.86. The number of nitrogens with zero attached hydrogens (tertiary/aromatic N) is 2. The van der Waals surface area contributed by atoms with Crippen LogP contribution in [0.5, 0.6) is 0 Å². The van der Waals surface area contributed by atoms with Crippen LogP contribution in [0.25, 0.3) is 0 Å². The van der Waals surface area contributed by atoms with Gasteiger partial charge in [-0.2, -0.15) is 4.98 Å². The molecule has 0 saturated heterocycles. The number of aromatic carboxylic acids is 1. The topological polar surface area (TPSA) is 89.4 Å². The van der Waals surface area contributed by atoms with Crippen molar-refractivity contribution >= 4 is 5.97 Å². The molecule has 0 atom stereocenters. The van der Waals surface area contributed by atoms with Gasteiger partial charge >= 0.3 is 5.97 Å². The molecule has 0 aliphatic heterocycles. The summed E-state index contributed by atoms with van der Waals surface area (Å²) >= 11 is 0. The van der Waals surface area contributed by atoms with E-state index in [2.05, 4.69) is 10.1 Å². The molecule has 78 valence electrons. The molecule has 0 aliphatic carbocycles. The Morgan fingerprint density at radius 1 is 1.47 bits per heavy atom. The maximum atomic E-state index is 10.4. The van der Waals surface area contributed by atoms with E-state index in [0.717, 1.165) is 5.76 Å². The lowest BCUT2D eigenvalue weighted by molar-refractivity contribution is 0.0680. The van der Waals surface area contributed by atoms with Crippen LogP contribution >= 0.6 is 0 Å². The first-order chi connectivity index (χ1) is 7.25. The van der Waals surface area contributed by atoms with Gasteiger partial charge < -0.3 is 14.0 Å². The number of carboxylic acids is 1. The molecule has 0 bridgehead atoms. The minimum absolute atomic E-state index is 0.295. The number of rotatable bonds is 4. The van der Waals surface area contributed by atoms with Gasteiger partial charge in [-0.1, -0.05) is 0 Å². The van der Waals surface area contributed by atoms with E-state index in [9.17, 15) is 4.79 Å². The van der Waals surface area contributed by atoms with Gasteiger partial charge in [-0.3, -0.25) is 0 Å². The molecule has 0 amide bonds. The summed E-state index contributed by atoms with van der Waals surface area (Å²) in [7, 11) is 0. The van der Waals surface area contributed by atoms with Gasteiger partial charge in [0.15, 0.2) is 0 Å². The van der Waals surface area contributed by atoms with Crippen LogP contribution in [0, 0.1) is 0 Å². The molecule has 0 unspecified atom stereocenters. The SMILES string of the molecule is O=C(O)c1noc(CCc2ccco2)n1. The third-order valence-electron chi connectivity index (χ3n) is 1.82. The molecule has 6 heteroatoms. The number of carbonyl (C=O) groups is 1. The van der Waals surface area contributed by atoms with Crippen LogP contribution in [0.1, 0.15) is 22.3 Å². The minimum Gasteiger partial charge on any atom is -0.475 e. The fourth-order valence-electron chi connectivity index (χ4n) is 1.13. The van der Waals surface area contributed by atoms with Gasteiger partial charge in [0.25, 0.3) is 5.82 Å². The summed E-state index contributed by atoms with van der Waals surface area (Å²) in [6.45, 7) is 0. The highest BCUT2D eigenvalue weighted by molar-refractivity contribution is 5.82. The van der Waals surface area contributed by atoms with Crippen molar-refractivity contribution in [1.82, 2.24) is 10.1 Å². The van der Waals surface area contributed by atoms with Crippen molar-refractivity contribution in [2.75, 3.05) is 0 Å². The Kier molecular flexibility index (Phi) is 2.49. The zero-order chi connectivity index (χ0) is 10.7. The first kappa shape index (κ1) is 9.45. The van der Waals surface area contributed by atoms with Crippen LogP contribution in [0.4, 0.5) is 0 Å². The number of hydrogen-bond donors (Lipinski definition) is 1. The maximum absolute atomic E-state index is 10.4. The monoisotopic (exact) mass is 208 g/mol. The summed E-state index contributed by atoms with van der Waals surface area (Å²) in [5.41, 5.74) is 0. The maximum Gasteiger partial charge on any atom is 0.377 e. The van der Waals surface area contributed by atoms with E-state index < -0.39 is 5.97 Å². The van der Waals surface area contributed by atoms with E-state index in [1.54, 1.807) is 12.3 Å². The van der Waals surface area contributed by atoms with Gasteiger partial charge in [0.05, 0.1) is 6.26 Å². The molecule has 15 heavy (non-hydrogen) atoms. The summed E-state index contributed by atoms with van der Waals surface area (Å²) in [6, 6.07) is 3.61. The second-order valence-electron chi connectivity index (χ2n) is 2.90. The largest absolute Gasteiger partial charge is 0.475 e. The first-order valence-electron chi connectivity index (χ1n) is 4.34. The Balaban J connectivity index is 1.96. The quantitative estimate of drug-likeness (QED) is 0.810. The molecule has 2 aromatic rings. The summed E-state index contributed by atoms with van der Waals surface area (Å²) in [5, 5.41) is 11.8. The number of aryl methyl sites for hydroxylation is 2. The lowest BCUT2D eigenvalue weighted by Gasteiger charge is -1.90. The highest BCUT2D eigenvalue weighted by atomic mass is 16.5. The molecular formula is C9H8N2O4. The Labute approximate surface area is 84.5 Å². The van der Waals surface area contributed by atoms with Crippen LogP contribution in [-0.4, -0.2) is 21.2 Å². The summed E-state index contributed by atoms with van der Waals surface area (Å²) in [4.78, 5) is 14.1. The van der Waals surface area contributed by atoms with Gasteiger partial charge in [-0.15, -0.1) is 0 Å². The van der Waals surface area contributed by atoms with Crippen LogP contribution < -0.4 is 0 Å². The Bertz CT molecular complexity index is 446. The first-order valence-corrected chi connectivity index (χ1v) is 4.34. The fraction of sp³-hybridized carbons (Fsp3) is 0.222. The highest BCUT2D eigenvalue weighted by Gasteiger charge is 2.12. The Morgan fingerprint density at radius 2 is 2.33 bits per heavy atom. The molecule has 2 aromatic heterocycles. The Hall–Kier alpha value is -2.11. The van der Waals surface area contributed by atoms with Gasteiger partial charge in [0, 0.05) is 12.8 Å². The van der Waals surface area contributed by atoms with Crippen LogP contribution in [0.3, 0.4) is 0 Å². The van der Waals surface area contributed by atoms with Crippen molar-refractivity contribution in [3.05, 3.63) is 35.9 Å². The smallest absolute Gasteiger partial charge is 0.377 e. The normalized spacial score (nSPS) is 10.4. The number of aromatic nitrogens is 2. The molecule has 0 radical (unpaired) electrons. The Morgan fingerprint density at radius 3 is 2.93 bits per heavy atom. The van der Waals surface area contributed by atoms with E-state index in [1.807, 2.05) is 6.07 Å². The molecular weight excluding hydrogens is 200 g/mol. The summed E-state index contributed by atoms with van der Waals surface area (Å²) in [5.74, 6) is -0.415. The lowest BCUT2D eigenvalue weighted by Crippen LogP contribution is -1.99. The lowest BCUT2D eigenvalue weighted by atomic mass is 10.2. The van der Waals surface area contributed by atoms with Crippen molar-refractivity contribution in [2.24, 2.45) is 0 Å². The van der Waals surface area contributed by atoms with E-state index in [1.165, 1.54) is 0 Å².